The van der Waals surface area contributed by atoms with E-state index in [1.807, 2.05) is 38.1 Å². The number of fused-ring (bicyclic) bond motifs is 1. The molecular formula is C28H38N6O4. The van der Waals surface area contributed by atoms with Gasteiger partial charge in [0.05, 0.1) is 12.1 Å². The Morgan fingerprint density at radius 3 is 2.50 bits per heavy atom. The molecule has 5 atom stereocenters. The number of hydrogen-bond donors (Lipinski definition) is 1. The molecule has 0 unspecified atom stereocenters. The highest BCUT2D eigenvalue weighted by atomic mass is 16.5. The van der Waals surface area contributed by atoms with Crippen molar-refractivity contribution in [1.29, 1.82) is 0 Å². The van der Waals surface area contributed by atoms with E-state index in [9.17, 15) is 14.4 Å². The van der Waals surface area contributed by atoms with E-state index in [1.54, 1.807) is 0 Å². The molecule has 4 aliphatic rings. The van der Waals surface area contributed by atoms with E-state index < -0.39 is 24.2 Å². The molecule has 1 N–H and O–H groups in total. The van der Waals surface area contributed by atoms with Gasteiger partial charge in [-0.05, 0) is 73.8 Å². The van der Waals surface area contributed by atoms with E-state index in [0.717, 1.165) is 32.0 Å². The second-order valence-electron chi connectivity index (χ2n) is 11.3. The maximum atomic E-state index is 13.7. The second-order valence-corrected chi connectivity index (χ2v) is 11.3. The minimum absolute atomic E-state index is 0.0982. The number of carbonyl (C=O) groups is 3. The van der Waals surface area contributed by atoms with Gasteiger partial charge in [-0.25, -0.2) is 0 Å². The molecule has 1 aliphatic carbocycles. The number of amides is 2. The third-order valence-electron chi connectivity index (χ3n) is 9.17. The molecule has 0 bridgehead atoms. The first-order valence-corrected chi connectivity index (χ1v) is 14.0. The van der Waals surface area contributed by atoms with E-state index in [1.165, 1.54) is 29.7 Å². The topological polar surface area (TPSA) is 128 Å². The third kappa shape index (κ3) is 5.17. The highest BCUT2D eigenvalue weighted by Crippen LogP contribution is 2.34. The number of Topliss-reactive ketones (excluding diaryl/α,β-unsaturated/α-hetero) is 1. The lowest BCUT2D eigenvalue weighted by Crippen LogP contribution is -2.54. The van der Waals surface area contributed by atoms with Crippen LogP contribution in [-0.4, -0.2) is 83.9 Å². The zero-order chi connectivity index (χ0) is 26.8. The Morgan fingerprint density at radius 2 is 1.89 bits per heavy atom. The first-order chi connectivity index (χ1) is 18.4. The Kier molecular flexibility index (Phi) is 8.02. The molecular weight excluding hydrogens is 484 g/mol. The van der Waals surface area contributed by atoms with Crippen LogP contribution in [0.2, 0.25) is 0 Å². The lowest BCUT2D eigenvalue weighted by atomic mass is 9.85. The highest BCUT2D eigenvalue weighted by molar-refractivity contribution is 5.99. The van der Waals surface area contributed by atoms with Crippen molar-refractivity contribution in [3.05, 3.63) is 45.8 Å². The molecule has 10 nitrogen and oxygen atoms in total. The number of azide groups is 1. The van der Waals surface area contributed by atoms with Crippen molar-refractivity contribution in [1.82, 2.24) is 15.1 Å². The Morgan fingerprint density at radius 1 is 1.18 bits per heavy atom. The highest BCUT2D eigenvalue weighted by Gasteiger charge is 2.53. The lowest BCUT2D eigenvalue weighted by molar-refractivity contribution is -0.139. The average Bonchev–Trinajstić information content (AvgIpc) is 3.47. The number of rotatable bonds is 8. The number of ether oxygens (including phenoxy) is 1. The molecule has 204 valence electrons. The Balaban J connectivity index is 1.24. The fourth-order valence-electron chi connectivity index (χ4n) is 6.37. The molecule has 3 saturated heterocycles. The van der Waals surface area contributed by atoms with Crippen molar-refractivity contribution in [3.8, 4) is 0 Å². The van der Waals surface area contributed by atoms with Crippen LogP contribution in [0, 0.1) is 5.92 Å². The van der Waals surface area contributed by atoms with Gasteiger partial charge in [-0.2, -0.15) is 0 Å². The van der Waals surface area contributed by atoms with Gasteiger partial charge in [0, 0.05) is 23.1 Å². The number of hydrogen-bond acceptors (Lipinski definition) is 6. The molecule has 2 amide bonds. The van der Waals surface area contributed by atoms with E-state index in [4.69, 9.17) is 10.3 Å². The van der Waals surface area contributed by atoms with Crippen LogP contribution in [0.15, 0.2) is 29.4 Å². The summed E-state index contributed by atoms with van der Waals surface area (Å²) in [5.41, 5.74) is 10.7. The van der Waals surface area contributed by atoms with E-state index in [0.29, 0.717) is 17.9 Å². The van der Waals surface area contributed by atoms with Crippen molar-refractivity contribution in [2.45, 2.75) is 88.6 Å². The number of benzene rings is 1. The molecule has 1 aromatic carbocycles. The maximum Gasteiger partial charge on any atom is 0.251 e. The summed E-state index contributed by atoms with van der Waals surface area (Å²) >= 11 is 0. The molecule has 1 saturated carbocycles. The second kappa shape index (κ2) is 11.4. The van der Waals surface area contributed by atoms with Crippen LogP contribution in [0.3, 0.4) is 0 Å². The van der Waals surface area contributed by atoms with E-state index >= 15 is 0 Å². The third-order valence-corrected chi connectivity index (χ3v) is 9.17. The van der Waals surface area contributed by atoms with Gasteiger partial charge in [0.2, 0.25) is 5.91 Å². The molecule has 1 aromatic rings. The average molecular weight is 523 g/mol. The van der Waals surface area contributed by atoms with Gasteiger partial charge in [-0.15, -0.1) is 0 Å². The van der Waals surface area contributed by atoms with Crippen LogP contribution in [0.5, 0.6) is 0 Å². The molecule has 0 spiro atoms. The number of ketones is 1. The zero-order valence-corrected chi connectivity index (χ0v) is 22.3. The number of carbonyl (C=O) groups excluding carboxylic acids is 3. The smallest absolute Gasteiger partial charge is 0.251 e. The molecule has 5 rings (SSSR count). The van der Waals surface area contributed by atoms with E-state index in [2.05, 4.69) is 20.2 Å². The number of likely N-dealkylation sites (tertiary alicyclic amines) is 2. The van der Waals surface area contributed by atoms with Crippen LogP contribution >= 0.6 is 0 Å². The summed E-state index contributed by atoms with van der Waals surface area (Å²) < 4.78 is 5.54. The lowest BCUT2D eigenvalue weighted by Gasteiger charge is -2.42. The van der Waals surface area contributed by atoms with Crippen molar-refractivity contribution < 1.29 is 19.1 Å². The number of nitrogens with zero attached hydrogens (tertiary/aromatic N) is 5. The fourth-order valence-corrected chi connectivity index (χ4v) is 6.37. The zero-order valence-electron chi connectivity index (χ0n) is 22.3. The Hall–Kier alpha value is -2.94. The first kappa shape index (κ1) is 26.7. The van der Waals surface area contributed by atoms with E-state index in [-0.39, 0.29) is 36.7 Å². The molecule has 3 aliphatic heterocycles. The fraction of sp³-hybridized carbons (Fsp3) is 0.679. The van der Waals surface area contributed by atoms with Crippen LogP contribution in [0.25, 0.3) is 10.4 Å². The van der Waals surface area contributed by atoms with Crippen LogP contribution in [-0.2, 0) is 14.3 Å². The van der Waals surface area contributed by atoms with Crippen molar-refractivity contribution in [3.63, 3.8) is 0 Å². The summed E-state index contributed by atoms with van der Waals surface area (Å²) in [4.78, 5) is 46.4. The minimum Gasteiger partial charge on any atom is -0.367 e. The monoisotopic (exact) mass is 522 g/mol. The predicted molar refractivity (Wildman–Crippen MR) is 142 cm³/mol. The minimum atomic E-state index is -0.804. The normalized spacial score (nSPS) is 27.8. The van der Waals surface area contributed by atoms with Crippen molar-refractivity contribution in [2.24, 2.45) is 11.0 Å². The summed E-state index contributed by atoms with van der Waals surface area (Å²) in [7, 11) is 0. The van der Waals surface area contributed by atoms with Crippen LogP contribution in [0.1, 0.15) is 74.2 Å². The summed E-state index contributed by atoms with van der Waals surface area (Å²) in [6, 6.07) is 6.36. The van der Waals surface area contributed by atoms with Gasteiger partial charge >= 0.3 is 0 Å². The van der Waals surface area contributed by atoms with Gasteiger partial charge in [0.25, 0.3) is 5.91 Å². The van der Waals surface area contributed by atoms with Crippen LogP contribution < -0.4 is 5.32 Å². The Bertz CT molecular complexity index is 1090. The summed E-state index contributed by atoms with van der Waals surface area (Å²) in [5, 5.41) is 6.69. The number of nitrogens with one attached hydrogen (secondary N) is 1. The van der Waals surface area contributed by atoms with Gasteiger partial charge in [-0.3, -0.25) is 14.4 Å². The van der Waals surface area contributed by atoms with Crippen LogP contribution in [0.4, 0.5) is 0 Å². The molecule has 3 heterocycles. The molecule has 10 heteroatoms. The van der Waals surface area contributed by atoms with Gasteiger partial charge < -0.3 is 19.9 Å². The predicted octanol–water partition coefficient (Wildman–Crippen LogP) is 3.42. The standard InChI is InChI=1S/C28H38N6O4/c1-3-17(2)24(28(37)34-15-22(31-32-29)26-25(34)23(35)16-38-26)30-27(36)20-9-7-18(8-10-20)19-11-13-33(14-12-19)21-5-4-6-21/h7-10,17,19,21-22,24-26H,3-6,11-16H2,1-2H3,(H,30,36)/t17-,22-,24-,25+,26+/m0/s1. The maximum absolute atomic E-state index is 13.7. The largest absolute Gasteiger partial charge is 0.367 e. The summed E-state index contributed by atoms with van der Waals surface area (Å²) in [6.45, 7) is 6.14. The molecule has 0 radical (unpaired) electrons. The van der Waals surface area contributed by atoms with Crippen molar-refractivity contribution in [2.75, 3.05) is 26.2 Å². The Labute approximate surface area is 223 Å². The number of piperidine rings is 1. The van der Waals surface area contributed by atoms with Gasteiger partial charge in [0.1, 0.15) is 18.7 Å². The molecule has 38 heavy (non-hydrogen) atoms. The van der Waals surface area contributed by atoms with Crippen molar-refractivity contribution >= 4 is 17.6 Å². The summed E-state index contributed by atoms with van der Waals surface area (Å²) in [6.07, 6.45) is 6.36. The first-order valence-electron chi connectivity index (χ1n) is 14.0. The molecule has 0 aromatic heterocycles. The quantitative estimate of drug-likeness (QED) is 0.318. The molecule has 4 fully saturated rings. The van der Waals surface area contributed by atoms with Gasteiger partial charge in [-0.1, -0.05) is 43.9 Å². The summed E-state index contributed by atoms with van der Waals surface area (Å²) in [5.74, 6) is -0.502. The SMILES string of the molecule is CC[C@H](C)[C@H](NC(=O)c1ccc(C2CCN(C3CCC3)CC2)cc1)C(=O)N1C[C@H](N=[N+]=[N-])[C@H]2OCC(=O)[C@H]21. The van der Waals surface area contributed by atoms with Gasteiger partial charge in [0.15, 0.2) is 5.78 Å².